The van der Waals surface area contributed by atoms with Crippen LogP contribution >= 0.6 is 0 Å². The second kappa shape index (κ2) is 20.7. The van der Waals surface area contributed by atoms with Gasteiger partial charge in [0.1, 0.15) is 0 Å². The first-order valence-corrected chi connectivity index (χ1v) is 18.4. The summed E-state index contributed by atoms with van der Waals surface area (Å²) >= 11 is 0. The number of ketones is 1. The fourth-order valence-corrected chi connectivity index (χ4v) is 7.12. The molecule has 0 spiro atoms. The number of nitrogens with one attached hydrogen (secondary N) is 2. The number of hydrogen-bond acceptors (Lipinski definition) is 10. The lowest BCUT2D eigenvalue weighted by Gasteiger charge is -2.33. The molecule has 1 atom stereocenters. The molecule has 1 saturated carbocycles. The molecule has 2 aromatic rings. The Bertz CT molecular complexity index is 1550. The summed E-state index contributed by atoms with van der Waals surface area (Å²) in [4.78, 5) is 80.4. The highest BCUT2D eigenvalue weighted by atomic mass is 16.4. The third-order valence-electron chi connectivity index (χ3n) is 10.2. The molecule has 4 rings (SSSR count). The highest BCUT2D eigenvalue weighted by molar-refractivity contribution is 5.89. The van der Waals surface area contributed by atoms with Gasteiger partial charge < -0.3 is 26.0 Å². The van der Waals surface area contributed by atoms with E-state index in [4.69, 9.17) is 0 Å². The molecule has 290 valence electrons. The van der Waals surface area contributed by atoms with Crippen LogP contribution in [0.3, 0.4) is 0 Å². The van der Waals surface area contributed by atoms with E-state index in [1.165, 1.54) is 6.92 Å². The van der Waals surface area contributed by atoms with Crippen LogP contribution in [0.25, 0.3) is 10.8 Å². The standard InChI is InChI=1S/C38H54N6O9/c1-27(45)33(21-29-8-9-30-4-2-3-5-32(30)20-29)40-38(53)31-10-6-28(7-11-31)22-39-34(46)23-41-12-14-42(24-35(47)48)16-18-44(26-37(51)52)19-17-43(15-13-41)25-36(49)50/h2-5,8-9,20,28,31,33H,6-7,10-19,21-26H2,1H3,(H,39,46)(H,40,53)(H,47,48)(H,49,50)(H,51,52). The Morgan fingerprint density at radius 2 is 1.13 bits per heavy atom. The number of carboxylic acids is 3. The molecule has 1 aliphatic carbocycles. The number of nitrogens with zero attached hydrogens (tertiary/aromatic N) is 4. The minimum Gasteiger partial charge on any atom is -0.480 e. The van der Waals surface area contributed by atoms with Gasteiger partial charge in [0.05, 0.1) is 32.2 Å². The second-order valence-electron chi connectivity index (χ2n) is 14.4. The Kier molecular flexibility index (Phi) is 16.1. The van der Waals surface area contributed by atoms with Gasteiger partial charge in [0.2, 0.25) is 11.8 Å². The number of amides is 2. The van der Waals surface area contributed by atoms with Crippen molar-refractivity contribution in [2.45, 2.75) is 45.1 Å². The SMILES string of the molecule is CC(=O)C(Cc1ccc2ccccc2c1)NC(=O)C1CCC(CNC(=O)CN2CCN(CC(=O)O)CCN(CC(=O)O)CCN(CC(=O)O)CC2)CC1. The predicted octanol–water partition coefficient (Wildman–Crippen LogP) is 0.854. The van der Waals surface area contributed by atoms with Gasteiger partial charge in [-0.25, -0.2) is 0 Å². The minimum atomic E-state index is -1.02. The van der Waals surface area contributed by atoms with Gasteiger partial charge in [0.25, 0.3) is 0 Å². The second-order valence-corrected chi connectivity index (χ2v) is 14.4. The predicted molar refractivity (Wildman–Crippen MR) is 197 cm³/mol. The molecular formula is C38H54N6O9. The Morgan fingerprint density at radius 3 is 1.60 bits per heavy atom. The van der Waals surface area contributed by atoms with Gasteiger partial charge >= 0.3 is 17.9 Å². The van der Waals surface area contributed by atoms with Gasteiger partial charge in [-0.15, -0.1) is 0 Å². The van der Waals surface area contributed by atoms with Crippen molar-refractivity contribution in [3.8, 4) is 0 Å². The van der Waals surface area contributed by atoms with Crippen molar-refractivity contribution in [1.82, 2.24) is 30.2 Å². The Labute approximate surface area is 310 Å². The average Bonchev–Trinajstić information content (AvgIpc) is 3.11. The number of fused-ring (bicyclic) bond motifs is 1. The maximum Gasteiger partial charge on any atom is 0.317 e. The normalized spacial score (nSPS) is 20.8. The molecule has 2 aromatic carbocycles. The lowest BCUT2D eigenvalue weighted by molar-refractivity contribution is -0.140. The van der Waals surface area contributed by atoms with Crippen molar-refractivity contribution < 1.29 is 44.1 Å². The first-order valence-electron chi connectivity index (χ1n) is 18.4. The van der Waals surface area contributed by atoms with Gasteiger partial charge in [-0.2, -0.15) is 0 Å². The number of carbonyl (C=O) groups is 6. The van der Waals surface area contributed by atoms with E-state index in [1.54, 1.807) is 14.7 Å². The third kappa shape index (κ3) is 14.5. The molecule has 0 bridgehead atoms. The molecule has 0 radical (unpaired) electrons. The van der Waals surface area contributed by atoms with E-state index in [9.17, 15) is 44.1 Å². The molecule has 2 fully saturated rings. The smallest absolute Gasteiger partial charge is 0.317 e. The van der Waals surface area contributed by atoms with Gasteiger partial charge in [-0.3, -0.25) is 48.4 Å². The Balaban J connectivity index is 1.26. The number of carbonyl (C=O) groups excluding carboxylic acids is 3. The lowest BCUT2D eigenvalue weighted by atomic mass is 9.81. The molecule has 1 aliphatic heterocycles. The van der Waals surface area contributed by atoms with E-state index < -0.39 is 23.9 Å². The van der Waals surface area contributed by atoms with E-state index in [-0.39, 0.29) is 55.6 Å². The summed E-state index contributed by atoms with van der Waals surface area (Å²) in [6.45, 7) is 3.90. The maximum atomic E-state index is 13.2. The van der Waals surface area contributed by atoms with E-state index >= 15 is 0 Å². The summed E-state index contributed by atoms with van der Waals surface area (Å²) in [5.74, 6) is -3.45. The van der Waals surface area contributed by atoms with E-state index in [0.717, 1.165) is 29.2 Å². The van der Waals surface area contributed by atoms with Crippen molar-refractivity contribution in [3.63, 3.8) is 0 Å². The van der Waals surface area contributed by atoms with Gasteiger partial charge in [-0.05, 0) is 61.3 Å². The number of rotatable bonds is 15. The van der Waals surface area contributed by atoms with Crippen LogP contribution in [-0.2, 0) is 35.2 Å². The first kappa shape index (κ1) is 41.3. The van der Waals surface area contributed by atoms with Gasteiger partial charge in [0.15, 0.2) is 5.78 Å². The molecule has 2 aliphatic rings. The Morgan fingerprint density at radius 1 is 0.660 bits per heavy atom. The fraction of sp³-hybridized carbons (Fsp3) is 0.579. The molecule has 1 saturated heterocycles. The zero-order valence-corrected chi connectivity index (χ0v) is 30.6. The number of benzene rings is 2. The van der Waals surface area contributed by atoms with Crippen molar-refractivity contribution in [1.29, 1.82) is 0 Å². The summed E-state index contributed by atoms with van der Waals surface area (Å²) in [5.41, 5.74) is 0.982. The van der Waals surface area contributed by atoms with E-state index in [1.807, 2.05) is 41.3 Å². The molecule has 15 heteroatoms. The zero-order chi connectivity index (χ0) is 38.3. The molecule has 2 amide bonds. The van der Waals surface area contributed by atoms with Gasteiger partial charge in [-0.1, -0.05) is 42.5 Å². The topological polar surface area (TPSA) is 200 Å². The molecular weight excluding hydrogens is 684 g/mol. The minimum absolute atomic E-state index is 0.0500. The fourth-order valence-electron chi connectivity index (χ4n) is 7.12. The lowest BCUT2D eigenvalue weighted by Crippen LogP contribution is -2.50. The van der Waals surface area contributed by atoms with Crippen LogP contribution in [0.2, 0.25) is 0 Å². The zero-order valence-electron chi connectivity index (χ0n) is 30.6. The largest absolute Gasteiger partial charge is 0.480 e. The van der Waals surface area contributed by atoms with E-state index in [0.29, 0.717) is 78.2 Å². The maximum absolute atomic E-state index is 13.2. The van der Waals surface area contributed by atoms with Crippen molar-refractivity contribution in [2.24, 2.45) is 11.8 Å². The Hall–Kier alpha value is -4.44. The molecule has 15 nitrogen and oxygen atoms in total. The van der Waals surface area contributed by atoms with Crippen LogP contribution in [0.1, 0.15) is 38.2 Å². The van der Waals surface area contributed by atoms with Crippen LogP contribution in [0.4, 0.5) is 0 Å². The molecule has 53 heavy (non-hydrogen) atoms. The highest BCUT2D eigenvalue weighted by Gasteiger charge is 2.29. The van der Waals surface area contributed by atoms with Crippen LogP contribution in [0.5, 0.6) is 0 Å². The van der Waals surface area contributed by atoms with Crippen molar-refractivity contribution in [2.75, 3.05) is 85.1 Å². The number of aliphatic carboxylic acids is 3. The molecule has 5 N–H and O–H groups in total. The third-order valence-corrected chi connectivity index (χ3v) is 10.2. The van der Waals surface area contributed by atoms with Crippen LogP contribution in [-0.4, -0.2) is 162 Å². The summed E-state index contributed by atoms with van der Waals surface area (Å²) in [5, 5.41) is 36.5. The van der Waals surface area contributed by atoms with Crippen molar-refractivity contribution in [3.05, 3.63) is 48.0 Å². The van der Waals surface area contributed by atoms with Crippen molar-refractivity contribution >= 4 is 46.3 Å². The summed E-state index contributed by atoms with van der Waals surface area (Å²) in [7, 11) is 0. The number of Topliss-reactive ketones (excluding diaryl/α,β-unsaturated/α-hetero) is 1. The summed E-state index contributed by atoms with van der Waals surface area (Å²) < 4.78 is 0. The van der Waals surface area contributed by atoms with Crippen LogP contribution in [0.15, 0.2) is 42.5 Å². The molecule has 0 aromatic heterocycles. The van der Waals surface area contributed by atoms with E-state index in [2.05, 4.69) is 16.7 Å². The van der Waals surface area contributed by atoms with Crippen LogP contribution < -0.4 is 10.6 Å². The highest BCUT2D eigenvalue weighted by Crippen LogP contribution is 2.29. The van der Waals surface area contributed by atoms with Gasteiger partial charge in [0, 0.05) is 64.8 Å². The summed E-state index contributed by atoms with van der Waals surface area (Å²) in [6.07, 6.45) is 3.24. The number of carboxylic acid groups (broad SMARTS) is 3. The number of hydrogen-bond donors (Lipinski definition) is 5. The molecule has 1 unspecified atom stereocenters. The first-order chi connectivity index (χ1) is 25.3. The average molecular weight is 739 g/mol. The van der Waals surface area contributed by atoms with Crippen LogP contribution in [0, 0.1) is 11.8 Å². The summed E-state index contributed by atoms with van der Waals surface area (Å²) in [6, 6.07) is 13.5. The monoisotopic (exact) mass is 738 g/mol. The quantitative estimate of drug-likeness (QED) is 0.173. The molecule has 1 heterocycles.